The summed E-state index contributed by atoms with van der Waals surface area (Å²) in [6.45, 7) is 4.16. The fourth-order valence-corrected chi connectivity index (χ4v) is 3.88. The van der Waals surface area contributed by atoms with Crippen LogP contribution in [0, 0.1) is 0 Å². The third-order valence-corrected chi connectivity index (χ3v) is 5.26. The second-order valence-corrected chi connectivity index (χ2v) is 7.45. The lowest BCUT2D eigenvalue weighted by Gasteiger charge is -2.32. The molecular weight excluding hydrogens is 368 g/mol. The first kappa shape index (κ1) is 19.4. The summed E-state index contributed by atoms with van der Waals surface area (Å²) in [5, 5.41) is 2.82. The van der Waals surface area contributed by atoms with E-state index in [1.807, 2.05) is 48.3 Å². The third-order valence-electron chi connectivity index (χ3n) is 5.26. The van der Waals surface area contributed by atoms with Crippen LogP contribution < -0.4 is 15.1 Å². The molecule has 2 aromatic carbocycles. The van der Waals surface area contributed by atoms with Crippen molar-refractivity contribution in [1.29, 1.82) is 0 Å². The van der Waals surface area contributed by atoms with Crippen molar-refractivity contribution in [2.75, 3.05) is 61.6 Å². The Labute approximate surface area is 170 Å². The smallest absolute Gasteiger partial charge is 0.244 e. The number of benzene rings is 2. The molecule has 0 saturated carbocycles. The Morgan fingerprint density at radius 3 is 2.55 bits per heavy atom. The lowest BCUT2D eigenvalue weighted by atomic mass is 10.1. The molecule has 7 heteroatoms. The first-order chi connectivity index (χ1) is 14.1. The number of fused-ring (bicyclic) bond motifs is 1. The average Bonchev–Trinajstić information content (AvgIpc) is 2.74. The number of carbonyl (C=O) groups is 2. The van der Waals surface area contributed by atoms with Gasteiger partial charge in [-0.1, -0.05) is 30.3 Å². The van der Waals surface area contributed by atoms with Gasteiger partial charge < -0.3 is 15.0 Å². The van der Waals surface area contributed by atoms with Crippen LogP contribution in [0.2, 0.25) is 0 Å². The molecule has 0 radical (unpaired) electrons. The van der Waals surface area contributed by atoms with Crippen molar-refractivity contribution in [3.05, 3.63) is 54.1 Å². The number of likely N-dealkylation sites (N-methyl/N-ethyl adjacent to an activating group) is 1. The van der Waals surface area contributed by atoms with Crippen LogP contribution in [0.15, 0.2) is 48.5 Å². The highest BCUT2D eigenvalue weighted by Gasteiger charge is 2.27. The summed E-state index contributed by atoms with van der Waals surface area (Å²) in [5.74, 6) is -0.254. The van der Waals surface area contributed by atoms with E-state index in [0.717, 1.165) is 32.0 Å². The molecule has 2 aliphatic heterocycles. The van der Waals surface area contributed by atoms with Crippen LogP contribution in [0.3, 0.4) is 0 Å². The van der Waals surface area contributed by atoms with Crippen molar-refractivity contribution in [3.63, 3.8) is 0 Å². The molecule has 1 saturated heterocycles. The first-order valence-electron chi connectivity index (χ1n) is 9.90. The lowest BCUT2D eigenvalue weighted by molar-refractivity contribution is -0.122. The summed E-state index contributed by atoms with van der Waals surface area (Å²) in [4.78, 5) is 30.9. The van der Waals surface area contributed by atoms with Gasteiger partial charge in [-0.25, -0.2) is 0 Å². The zero-order chi connectivity index (χ0) is 20.2. The number of carbonyl (C=O) groups excluding carboxylic acids is 2. The Kier molecular flexibility index (Phi) is 5.78. The molecule has 1 fully saturated rings. The molecule has 0 atom stereocenters. The van der Waals surface area contributed by atoms with Crippen molar-refractivity contribution in [1.82, 2.24) is 4.90 Å². The van der Waals surface area contributed by atoms with Gasteiger partial charge in [-0.15, -0.1) is 0 Å². The van der Waals surface area contributed by atoms with Crippen molar-refractivity contribution in [2.45, 2.75) is 6.54 Å². The highest BCUT2D eigenvalue weighted by molar-refractivity contribution is 6.10. The molecule has 2 amide bonds. The minimum atomic E-state index is -0.169. The fourth-order valence-electron chi connectivity index (χ4n) is 3.88. The number of nitrogens with zero attached hydrogens (tertiary/aromatic N) is 3. The second kappa shape index (κ2) is 8.63. The second-order valence-electron chi connectivity index (χ2n) is 7.45. The monoisotopic (exact) mass is 394 g/mol. The van der Waals surface area contributed by atoms with Crippen LogP contribution in [0.1, 0.15) is 5.56 Å². The number of nitrogens with one attached hydrogen (secondary N) is 1. The van der Waals surface area contributed by atoms with Gasteiger partial charge >= 0.3 is 0 Å². The number of hydrogen-bond donors (Lipinski definition) is 1. The number of amides is 2. The number of anilines is 3. The molecule has 29 heavy (non-hydrogen) atoms. The van der Waals surface area contributed by atoms with Gasteiger partial charge in [0.05, 0.1) is 31.1 Å². The van der Waals surface area contributed by atoms with Crippen LogP contribution in [0.4, 0.5) is 17.1 Å². The van der Waals surface area contributed by atoms with Crippen molar-refractivity contribution >= 4 is 28.9 Å². The number of ether oxygens (including phenoxy) is 1. The standard InChI is InChI=1S/C22H26N4O3/c1-24(14-17-6-2-4-8-19(17)25-10-12-29-13-11-25)16-22(28)26-15-21(27)23-18-7-3-5-9-20(18)26/h2-9H,10-16H2,1H3,(H,23,27). The van der Waals surface area contributed by atoms with E-state index in [-0.39, 0.29) is 24.9 Å². The molecule has 0 unspecified atom stereocenters. The number of rotatable bonds is 5. The molecular formula is C22H26N4O3. The van der Waals surface area contributed by atoms with Gasteiger partial charge in [0.15, 0.2) is 0 Å². The van der Waals surface area contributed by atoms with Gasteiger partial charge in [-0.3, -0.25) is 19.4 Å². The molecule has 0 spiro atoms. The first-order valence-corrected chi connectivity index (χ1v) is 9.90. The number of morpholine rings is 1. The lowest BCUT2D eigenvalue weighted by Crippen LogP contribution is -2.46. The van der Waals surface area contributed by atoms with Gasteiger partial charge in [-0.05, 0) is 30.8 Å². The zero-order valence-corrected chi connectivity index (χ0v) is 16.6. The van der Waals surface area contributed by atoms with E-state index in [1.165, 1.54) is 11.3 Å². The predicted octanol–water partition coefficient (Wildman–Crippen LogP) is 1.94. The fraction of sp³-hybridized carbons (Fsp3) is 0.364. The van der Waals surface area contributed by atoms with Gasteiger partial charge in [0.25, 0.3) is 0 Å². The maximum atomic E-state index is 13.0. The Morgan fingerprint density at radius 2 is 1.76 bits per heavy atom. The summed E-state index contributed by atoms with van der Waals surface area (Å²) in [7, 11) is 1.93. The number of hydrogen-bond acceptors (Lipinski definition) is 5. The number of para-hydroxylation sites is 3. The minimum absolute atomic E-state index is 0.0497. The zero-order valence-electron chi connectivity index (χ0n) is 16.6. The predicted molar refractivity (Wildman–Crippen MR) is 113 cm³/mol. The molecule has 2 aromatic rings. The molecule has 0 bridgehead atoms. The highest BCUT2D eigenvalue weighted by Crippen LogP contribution is 2.29. The minimum Gasteiger partial charge on any atom is -0.378 e. The van der Waals surface area contributed by atoms with Gasteiger partial charge in [0, 0.05) is 25.3 Å². The Bertz CT molecular complexity index is 895. The summed E-state index contributed by atoms with van der Waals surface area (Å²) < 4.78 is 5.46. The summed E-state index contributed by atoms with van der Waals surface area (Å²) in [5.41, 5.74) is 3.80. The van der Waals surface area contributed by atoms with E-state index in [0.29, 0.717) is 12.2 Å². The quantitative estimate of drug-likeness (QED) is 0.840. The van der Waals surface area contributed by atoms with E-state index >= 15 is 0 Å². The van der Waals surface area contributed by atoms with E-state index in [4.69, 9.17) is 4.74 Å². The Balaban J connectivity index is 1.45. The van der Waals surface area contributed by atoms with Crippen molar-refractivity contribution in [2.24, 2.45) is 0 Å². The highest BCUT2D eigenvalue weighted by atomic mass is 16.5. The van der Waals surface area contributed by atoms with Gasteiger partial charge in [-0.2, -0.15) is 0 Å². The van der Waals surface area contributed by atoms with E-state index < -0.39 is 0 Å². The van der Waals surface area contributed by atoms with Crippen LogP contribution in [0.5, 0.6) is 0 Å². The van der Waals surface area contributed by atoms with E-state index in [1.54, 1.807) is 4.90 Å². The SMILES string of the molecule is CN(CC(=O)N1CC(=O)Nc2ccccc21)Cc1ccccc1N1CCOCC1. The Hall–Kier alpha value is -2.90. The molecule has 1 N–H and O–H groups in total. The average molecular weight is 394 g/mol. The van der Waals surface area contributed by atoms with Crippen LogP contribution in [0.25, 0.3) is 0 Å². The maximum Gasteiger partial charge on any atom is 0.244 e. The third kappa shape index (κ3) is 4.41. The molecule has 7 nitrogen and oxygen atoms in total. The summed E-state index contributed by atoms with van der Waals surface area (Å²) in [6, 6.07) is 15.7. The van der Waals surface area contributed by atoms with E-state index in [9.17, 15) is 9.59 Å². The van der Waals surface area contributed by atoms with Crippen molar-refractivity contribution < 1.29 is 14.3 Å². The summed E-state index contributed by atoms with van der Waals surface area (Å²) >= 11 is 0. The molecule has 0 aliphatic carbocycles. The van der Waals surface area contributed by atoms with Crippen LogP contribution in [-0.2, 0) is 20.9 Å². The molecule has 2 aliphatic rings. The molecule has 2 heterocycles. The largest absolute Gasteiger partial charge is 0.378 e. The maximum absolute atomic E-state index is 13.0. The van der Waals surface area contributed by atoms with Crippen molar-refractivity contribution in [3.8, 4) is 0 Å². The van der Waals surface area contributed by atoms with Gasteiger partial charge in [0.2, 0.25) is 11.8 Å². The van der Waals surface area contributed by atoms with Crippen LogP contribution >= 0.6 is 0 Å². The molecule has 152 valence electrons. The van der Waals surface area contributed by atoms with Gasteiger partial charge in [0.1, 0.15) is 6.54 Å². The molecule has 4 rings (SSSR count). The normalized spacial score (nSPS) is 16.6. The Morgan fingerprint density at radius 1 is 1.07 bits per heavy atom. The van der Waals surface area contributed by atoms with Crippen LogP contribution in [-0.4, -0.2) is 63.2 Å². The summed E-state index contributed by atoms with van der Waals surface area (Å²) in [6.07, 6.45) is 0. The molecule has 0 aromatic heterocycles. The van der Waals surface area contributed by atoms with E-state index in [2.05, 4.69) is 22.3 Å². The topological polar surface area (TPSA) is 65.1 Å².